The van der Waals surface area contributed by atoms with Gasteiger partial charge in [-0.15, -0.1) is 0 Å². The number of β-amino-alcohol motifs (C(OH)–C–C–N with tert-alkyl or cyclic N) is 1. The molecular formula is C15H15F2N3O2. The fourth-order valence-electron chi connectivity index (χ4n) is 2.82. The van der Waals surface area contributed by atoms with Gasteiger partial charge >= 0.3 is 0 Å². The minimum Gasteiger partial charge on any atom is -0.391 e. The molecule has 0 spiro atoms. The number of nitrogens with one attached hydrogen (secondary N) is 1. The Balaban J connectivity index is 1.98. The van der Waals surface area contributed by atoms with Crippen LogP contribution >= 0.6 is 0 Å². The maximum atomic E-state index is 14.0. The molecule has 1 aromatic heterocycles. The molecule has 2 N–H and O–H groups in total. The molecule has 2 atom stereocenters. The van der Waals surface area contributed by atoms with Crippen molar-refractivity contribution in [3.8, 4) is 0 Å². The number of carbonyl (C=O) groups is 1. The molecule has 5 nitrogen and oxygen atoms in total. The molecule has 0 bridgehead atoms. The van der Waals surface area contributed by atoms with Gasteiger partial charge in [0.25, 0.3) is 5.91 Å². The number of aliphatic hydroxyl groups is 1. The Kier molecular flexibility index (Phi) is 3.66. The van der Waals surface area contributed by atoms with Crippen molar-refractivity contribution < 1.29 is 18.7 Å². The second-order valence-corrected chi connectivity index (χ2v) is 5.44. The number of amides is 1. The van der Waals surface area contributed by atoms with E-state index in [4.69, 9.17) is 0 Å². The van der Waals surface area contributed by atoms with Crippen LogP contribution < -0.4 is 0 Å². The summed E-state index contributed by atoms with van der Waals surface area (Å²) in [5.74, 6) is -1.54. The van der Waals surface area contributed by atoms with Gasteiger partial charge in [-0.1, -0.05) is 0 Å². The number of aromatic amines is 1. The molecule has 1 saturated heterocycles. The monoisotopic (exact) mass is 307 g/mol. The maximum Gasteiger partial charge on any atom is 0.257 e. The second-order valence-electron chi connectivity index (χ2n) is 5.44. The molecule has 2 heterocycles. The van der Waals surface area contributed by atoms with Crippen LogP contribution in [0.4, 0.5) is 8.78 Å². The first-order chi connectivity index (χ1) is 10.5. The van der Waals surface area contributed by atoms with Crippen LogP contribution in [0.3, 0.4) is 0 Å². The summed E-state index contributed by atoms with van der Waals surface area (Å²) in [5.41, 5.74) is 1.02. The van der Waals surface area contributed by atoms with Gasteiger partial charge in [-0.2, -0.15) is 5.10 Å². The van der Waals surface area contributed by atoms with Crippen molar-refractivity contribution >= 4 is 5.91 Å². The topological polar surface area (TPSA) is 69.2 Å². The number of benzene rings is 1. The van der Waals surface area contributed by atoms with Crippen LogP contribution in [0.1, 0.15) is 34.1 Å². The Morgan fingerprint density at radius 1 is 1.45 bits per heavy atom. The molecule has 1 aliphatic rings. The van der Waals surface area contributed by atoms with Crippen LogP contribution in [-0.2, 0) is 0 Å². The van der Waals surface area contributed by atoms with Crippen LogP contribution in [0.2, 0.25) is 0 Å². The lowest BCUT2D eigenvalue weighted by atomic mass is 10.0. The summed E-state index contributed by atoms with van der Waals surface area (Å²) in [4.78, 5) is 14.0. The number of aryl methyl sites for hydroxylation is 1. The molecule has 3 rings (SSSR count). The molecule has 116 valence electrons. The lowest BCUT2D eigenvalue weighted by Crippen LogP contribution is -2.32. The van der Waals surface area contributed by atoms with Crippen molar-refractivity contribution in [2.24, 2.45) is 0 Å². The zero-order valence-corrected chi connectivity index (χ0v) is 11.9. The molecule has 0 unspecified atom stereocenters. The average molecular weight is 307 g/mol. The summed E-state index contributed by atoms with van der Waals surface area (Å²) >= 11 is 0. The maximum absolute atomic E-state index is 14.0. The molecule has 1 aromatic carbocycles. The van der Waals surface area contributed by atoms with Crippen molar-refractivity contribution in [3.63, 3.8) is 0 Å². The number of hydrogen-bond acceptors (Lipinski definition) is 3. The molecule has 22 heavy (non-hydrogen) atoms. The van der Waals surface area contributed by atoms with E-state index in [1.165, 1.54) is 11.1 Å². The summed E-state index contributed by atoms with van der Waals surface area (Å²) in [7, 11) is 0. The Labute approximate surface area is 125 Å². The number of hydrogen-bond donors (Lipinski definition) is 2. The standard InChI is InChI=1S/C15H15F2N3O2/c1-8-12(6-18-19-8)15(22)20-7-10(21)5-14(20)11-4-9(16)2-3-13(11)17/h2-4,6,10,14,21H,5,7H2,1H3,(H,18,19)/t10-,14+/m0/s1. The lowest BCUT2D eigenvalue weighted by Gasteiger charge is -2.25. The van der Waals surface area contributed by atoms with Gasteiger partial charge in [0.1, 0.15) is 11.6 Å². The van der Waals surface area contributed by atoms with E-state index in [1.54, 1.807) is 6.92 Å². The fraction of sp³-hybridized carbons (Fsp3) is 0.333. The zero-order valence-electron chi connectivity index (χ0n) is 11.9. The van der Waals surface area contributed by atoms with E-state index in [9.17, 15) is 18.7 Å². The summed E-state index contributed by atoms with van der Waals surface area (Å²) < 4.78 is 27.4. The van der Waals surface area contributed by atoms with E-state index in [0.29, 0.717) is 11.3 Å². The predicted molar refractivity (Wildman–Crippen MR) is 74.1 cm³/mol. The first kappa shape index (κ1) is 14.6. The second kappa shape index (κ2) is 5.49. The van der Waals surface area contributed by atoms with Gasteiger partial charge in [0, 0.05) is 17.8 Å². The molecule has 7 heteroatoms. The van der Waals surface area contributed by atoms with Crippen LogP contribution in [0.15, 0.2) is 24.4 Å². The number of nitrogens with zero attached hydrogens (tertiary/aromatic N) is 2. The van der Waals surface area contributed by atoms with Gasteiger partial charge < -0.3 is 10.0 Å². The number of likely N-dealkylation sites (tertiary alicyclic amines) is 1. The molecule has 0 saturated carbocycles. The molecule has 1 aliphatic heterocycles. The van der Waals surface area contributed by atoms with Gasteiger partial charge in [0.05, 0.1) is 23.9 Å². The van der Waals surface area contributed by atoms with Crippen molar-refractivity contribution in [1.29, 1.82) is 0 Å². The first-order valence-electron chi connectivity index (χ1n) is 6.91. The Morgan fingerprint density at radius 3 is 2.91 bits per heavy atom. The molecule has 0 aliphatic carbocycles. The van der Waals surface area contributed by atoms with E-state index in [2.05, 4.69) is 10.2 Å². The Hall–Kier alpha value is -2.28. The summed E-state index contributed by atoms with van der Waals surface area (Å²) in [6.45, 7) is 1.77. The van der Waals surface area contributed by atoms with E-state index >= 15 is 0 Å². The minimum atomic E-state index is -0.774. The normalized spacial score (nSPS) is 21.4. The summed E-state index contributed by atoms with van der Waals surface area (Å²) in [5, 5.41) is 16.3. The number of H-pyrrole nitrogens is 1. The van der Waals surface area contributed by atoms with Crippen molar-refractivity contribution in [2.75, 3.05) is 6.54 Å². The molecule has 1 fully saturated rings. The van der Waals surface area contributed by atoms with Gasteiger partial charge in [0.2, 0.25) is 0 Å². The first-order valence-corrected chi connectivity index (χ1v) is 6.91. The van der Waals surface area contributed by atoms with E-state index < -0.39 is 23.8 Å². The van der Waals surface area contributed by atoms with Crippen molar-refractivity contribution in [3.05, 3.63) is 52.9 Å². The number of aromatic nitrogens is 2. The lowest BCUT2D eigenvalue weighted by molar-refractivity contribution is 0.0713. The highest BCUT2D eigenvalue weighted by atomic mass is 19.1. The van der Waals surface area contributed by atoms with Crippen molar-refractivity contribution in [2.45, 2.75) is 25.5 Å². The SMILES string of the molecule is Cc1[nH]ncc1C(=O)N1C[C@@H](O)C[C@@H]1c1cc(F)ccc1F. The van der Waals surface area contributed by atoms with Crippen LogP contribution in [0.25, 0.3) is 0 Å². The summed E-state index contributed by atoms with van der Waals surface area (Å²) in [6.07, 6.45) is 0.786. The van der Waals surface area contributed by atoms with Gasteiger partial charge in [-0.3, -0.25) is 9.89 Å². The van der Waals surface area contributed by atoms with Crippen LogP contribution in [0, 0.1) is 18.6 Å². The quantitative estimate of drug-likeness (QED) is 0.891. The Bertz CT molecular complexity index is 717. The van der Waals surface area contributed by atoms with Crippen LogP contribution in [0.5, 0.6) is 0 Å². The third-order valence-electron chi connectivity index (χ3n) is 3.92. The average Bonchev–Trinajstić information content (AvgIpc) is 3.07. The summed E-state index contributed by atoms with van der Waals surface area (Å²) in [6, 6.07) is 2.42. The third kappa shape index (κ3) is 2.48. The molecule has 0 radical (unpaired) electrons. The highest BCUT2D eigenvalue weighted by Gasteiger charge is 2.37. The smallest absolute Gasteiger partial charge is 0.257 e. The molecular weight excluding hydrogens is 292 g/mol. The number of halogens is 2. The number of rotatable bonds is 2. The predicted octanol–water partition coefficient (Wildman–Crippen LogP) is 1.94. The third-order valence-corrected chi connectivity index (χ3v) is 3.92. The molecule has 1 amide bonds. The Morgan fingerprint density at radius 2 is 2.23 bits per heavy atom. The van der Waals surface area contributed by atoms with E-state index in [-0.39, 0.29) is 24.4 Å². The number of carbonyl (C=O) groups excluding carboxylic acids is 1. The van der Waals surface area contributed by atoms with Crippen molar-refractivity contribution in [1.82, 2.24) is 15.1 Å². The zero-order chi connectivity index (χ0) is 15.9. The largest absolute Gasteiger partial charge is 0.391 e. The highest BCUT2D eigenvalue weighted by Crippen LogP contribution is 2.35. The fourth-order valence-corrected chi connectivity index (χ4v) is 2.82. The van der Waals surface area contributed by atoms with E-state index in [1.807, 2.05) is 0 Å². The number of aliphatic hydroxyl groups excluding tert-OH is 1. The minimum absolute atomic E-state index is 0.0735. The van der Waals surface area contributed by atoms with Gasteiger partial charge in [0.15, 0.2) is 0 Å². The molecule has 2 aromatic rings. The van der Waals surface area contributed by atoms with Gasteiger partial charge in [-0.05, 0) is 31.5 Å². The highest BCUT2D eigenvalue weighted by molar-refractivity contribution is 5.95. The van der Waals surface area contributed by atoms with E-state index in [0.717, 1.165) is 18.2 Å². The van der Waals surface area contributed by atoms with Gasteiger partial charge in [-0.25, -0.2) is 8.78 Å². The van der Waals surface area contributed by atoms with Crippen LogP contribution in [-0.4, -0.2) is 38.8 Å².